The Morgan fingerprint density at radius 3 is 3.17 bits per heavy atom. The molecule has 0 aromatic carbocycles. The van der Waals surface area contributed by atoms with Crippen molar-refractivity contribution in [3.8, 4) is 6.07 Å². The molecule has 6 heteroatoms. The lowest BCUT2D eigenvalue weighted by Crippen LogP contribution is -2.40. The molecule has 0 radical (unpaired) electrons. The molecule has 0 aliphatic heterocycles. The van der Waals surface area contributed by atoms with E-state index in [1.807, 2.05) is 6.07 Å². The highest BCUT2D eigenvalue weighted by molar-refractivity contribution is 5.76. The molecule has 1 aliphatic carbocycles. The van der Waals surface area contributed by atoms with Crippen molar-refractivity contribution in [3.05, 3.63) is 18.1 Å². The largest absolute Gasteiger partial charge is 0.481 e. The van der Waals surface area contributed by atoms with Gasteiger partial charge in [0, 0.05) is 6.04 Å². The highest BCUT2D eigenvalue weighted by Crippen LogP contribution is 2.39. The smallest absolute Gasteiger partial charge is 0.311 e. The first kappa shape index (κ1) is 12.3. The fourth-order valence-corrected chi connectivity index (χ4v) is 2.35. The predicted molar refractivity (Wildman–Crippen MR) is 63.8 cm³/mol. The summed E-state index contributed by atoms with van der Waals surface area (Å²) >= 11 is 0. The monoisotopic (exact) mass is 246 g/mol. The molecule has 0 amide bonds. The van der Waals surface area contributed by atoms with Gasteiger partial charge in [0.25, 0.3) is 0 Å². The molecule has 2 N–H and O–H groups in total. The van der Waals surface area contributed by atoms with Crippen LogP contribution in [0.2, 0.25) is 0 Å². The number of aromatic nitrogens is 2. The molecule has 1 fully saturated rings. The first-order valence-electron chi connectivity index (χ1n) is 5.78. The van der Waals surface area contributed by atoms with Gasteiger partial charge in [0.1, 0.15) is 23.8 Å². The first-order valence-corrected chi connectivity index (χ1v) is 5.78. The van der Waals surface area contributed by atoms with Crippen molar-refractivity contribution in [1.29, 1.82) is 5.26 Å². The van der Waals surface area contributed by atoms with E-state index in [4.69, 9.17) is 5.26 Å². The van der Waals surface area contributed by atoms with Gasteiger partial charge < -0.3 is 10.4 Å². The van der Waals surface area contributed by atoms with Gasteiger partial charge in [-0.2, -0.15) is 5.26 Å². The summed E-state index contributed by atoms with van der Waals surface area (Å²) in [7, 11) is 0. The Hall–Kier alpha value is -2.16. The molecule has 1 aliphatic rings. The molecular weight excluding hydrogens is 232 g/mol. The molecule has 1 aromatic rings. The van der Waals surface area contributed by atoms with Crippen LogP contribution in [0.4, 0.5) is 5.82 Å². The second-order valence-electron chi connectivity index (χ2n) is 4.71. The van der Waals surface area contributed by atoms with Crippen molar-refractivity contribution in [2.45, 2.75) is 32.2 Å². The number of carboxylic acids is 1. The second kappa shape index (κ2) is 4.61. The summed E-state index contributed by atoms with van der Waals surface area (Å²) in [5.74, 6) is -0.406. The van der Waals surface area contributed by atoms with E-state index in [2.05, 4.69) is 15.3 Å². The van der Waals surface area contributed by atoms with Gasteiger partial charge in [-0.1, -0.05) is 6.42 Å². The second-order valence-corrected chi connectivity index (χ2v) is 4.71. The highest BCUT2D eigenvalue weighted by Gasteiger charge is 2.45. The zero-order valence-electron chi connectivity index (χ0n) is 10.1. The normalized spacial score (nSPS) is 26.6. The number of aliphatic carboxylic acids is 1. The molecular formula is C12H14N4O2. The zero-order chi connectivity index (χ0) is 13.2. The van der Waals surface area contributed by atoms with Gasteiger partial charge in [-0.15, -0.1) is 0 Å². The summed E-state index contributed by atoms with van der Waals surface area (Å²) < 4.78 is 0. The quantitative estimate of drug-likeness (QED) is 0.836. The van der Waals surface area contributed by atoms with Gasteiger partial charge in [-0.3, -0.25) is 4.79 Å². The Morgan fingerprint density at radius 1 is 1.72 bits per heavy atom. The minimum Gasteiger partial charge on any atom is -0.481 e. The van der Waals surface area contributed by atoms with E-state index >= 15 is 0 Å². The van der Waals surface area contributed by atoms with Crippen LogP contribution in [0.1, 0.15) is 31.7 Å². The Bertz CT molecular complexity index is 511. The fourth-order valence-electron chi connectivity index (χ4n) is 2.35. The Morgan fingerprint density at radius 2 is 2.50 bits per heavy atom. The molecule has 0 spiro atoms. The van der Waals surface area contributed by atoms with Crippen LogP contribution in [-0.4, -0.2) is 27.1 Å². The minimum absolute atomic E-state index is 0.211. The van der Waals surface area contributed by atoms with Gasteiger partial charge in [0.15, 0.2) is 0 Å². The van der Waals surface area contributed by atoms with Crippen LogP contribution in [0.3, 0.4) is 0 Å². The minimum atomic E-state index is -0.815. The van der Waals surface area contributed by atoms with Crippen molar-refractivity contribution in [3.63, 3.8) is 0 Å². The standard InChI is InChI=1S/C12H14N4O2/c1-12(11(17)18)4-2-3-9(12)16-10-8(5-13)6-14-7-15-10/h6-7,9H,2-4H2,1H3,(H,17,18)(H,14,15,16). The van der Waals surface area contributed by atoms with Crippen LogP contribution in [0.5, 0.6) is 0 Å². The Balaban J connectivity index is 2.24. The number of nitriles is 1. The summed E-state index contributed by atoms with van der Waals surface area (Å²) in [6, 6.07) is 1.78. The maximum Gasteiger partial charge on any atom is 0.311 e. The lowest BCUT2D eigenvalue weighted by atomic mass is 9.85. The molecule has 0 bridgehead atoms. The van der Waals surface area contributed by atoms with E-state index in [1.165, 1.54) is 12.5 Å². The van der Waals surface area contributed by atoms with Crippen molar-refractivity contribution in [1.82, 2.24) is 9.97 Å². The first-order chi connectivity index (χ1) is 8.58. The van der Waals surface area contributed by atoms with Gasteiger partial charge in [-0.05, 0) is 19.8 Å². The van der Waals surface area contributed by atoms with Crippen LogP contribution in [-0.2, 0) is 4.79 Å². The third kappa shape index (κ3) is 1.99. The molecule has 0 saturated heterocycles. The molecule has 1 saturated carbocycles. The van der Waals surface area contributed by atoms with Crippen LogP contribution in [0.15, 0.2) is 12.5 Å². The molecule has 1 aromatic heterocycles. The SMILES string of the molecule is CC1(C(=O)O)CCCC1Nc1ncncc1C#N. The molecule has 94 valence electrons. The van der Waals surface area contributed by atoms with Gasteiger partial charge in [-0.25, -0.2) is 9.97 Å². The molecule has 2 unspecified atom stereocenters. The van der Waals surface area contributed by atoms with Crippen LogP contribution in [0, 0.1) is 16.7 Å². The third-order valence-corrected chi connectivity index (χ3v) is 3.59. The van der Waals surface area contributed by atoms with Gasteiger partial charge >= 0.3 is 5.97 Å². The number of hydrogen-bond donors (Lipinski definition) is 2. The van der Waals surface area contributed by atoms with Crippen molar-refractivity contribution in [2.75, 3.05) is 5.32 Å². The van der Waals surface area contributed by atoms with Gasteiger partial charge in [0.05, 0.1) is 11.6 Å². The summed E-state index contributed by atoms with van der Waals surface area (Å²) in [6.45, 7) is 1.73. The molecule has 6 nitrogen and oxygen atoms in total. The van der Waals surface area contributed by atoms with E-state index in [0.29, 0.717) is 17.8 Å². The van der Waals surface area contributed by atoms with E-state index in [-0.39, 0.29) is 6.04 Å². The number of nitrogens with zero attached hydrogens (tertiary/aromatic N) is 3. The number of carbonyl (C=O) groups is 1. The third-order valence-electron chi connectivity index (χ3n) is 3.59. The summed E-state index contributed by atoms with van der Waals surface area (Å²) in [6.07, 6.45) is 5.01. The molecule has 18 heavy (non-hydrogen) atoms. The van der Waals surface area contributed by atoms with Crippen LogP contribution < -0.4 is 5.32 Å². The Labute approximate surface area is 105 Å². The van der Waals surface area contributed by atoms with E-state index in [9.17, 15) is 9.90 Å². The van der Waals surface area contributed by atoms with Crippen LogP contribution in [0.25, 0.3) is 0 Å². The maximum absolute atomic E-state index is 11.3. The maximum atomic E-state index is 11.3. The van der Waals surface area contributed by atoms with Gasteiger partial charge in [0.2, 0.25) is 0 Å². The summed E-state index contributed by atoms with van der Waals surface area (Å²) in [4.78, 5) is 19.1. The van der Waals surface area contributed by atoms with E-state index in [0.717, 1.165) is 12.8 Å². The topological polar surface area (TPSA) is 98.9 Å². The zero-order valence-corrected chi connectivity index (χ0v) is 10.1. The highest BCUT2D eigenvalue weighted by atomic mass is 16.4. The Kier molecular flexibility index (Phi) is 3.15. The molecule has 1 heterocycles. The number of anilines is 1. The van der Waals surface area contributed by atoms with E-state index < -0.39 is 11.4 Å². The van der Waals surface area contributed by atoms with Crippen molar-refractivity contribution >= 4 is 11.8 Å². The lowest BCUT2D eigenvalue weighted by Gasteiger charge is -2.28. The number of nitrogens with one attached hydrogen (secondary N) is 1. The predicted octanol–water partition coefficient (Wildman–Crippen LogP) is 1.40. The fraction of sp³-hybridized carbons (Fsp3) is 0.500. The van der Waals surface area contributed by atoms with Crippen molar-refractivity contribution in [2.24, 2.45) is 5.41 Å². The van der Waals surface area contributed by atoms with Crippen molar-refractivity contribution < 1.29 is 9.90 Å². The lowest BCUT2D eigenvalue weighted by molar-refractivity contribution is -0.147. The number of rotatable bonds is 3. The number of hydrogen-bond acceptors (Lipinski definition) is 5. The van der Waals surface area contributed by atoms with E-state index in [1.54, 1.807) is 6.92 Å². The summed E-state index contributed by atoms with van der Waals surface area (Å²) in [5.41, 5.74) is -0.477. The average molecular weight is 246 g/mol. The number of carboxylic acid groups (broad SMARTS) is 1. The van der Waals surface area contributed by atoms with Crippen LogP contribution >= 0.6 is 0 Å². The molecule has 2 atom stereocenters. The average Bonchev–Trinajstić information content (AvgIpc) is 2.73. The molecule has 2 rings (SSSR count). The summed E-state index contributed by atoms with van der Waals surface area (Å²) in [5, 5.41) is 21.3.